The van der Waals surface area contributed by atoms with Gasteiger partial charge < -0.3 is 15.2 Å². The lowest BCUT2D eigenvalue weighted by Crippen LogP contribution is -2.07. The molecule has 0 unspecified atom stereocenters. The zero-order chi connectivity index (χ0) is 11.4. The molecule has 0 saturated carbocycles. The number of benzene rings is 1. The fourth-order valence-corrected chi connectivity index (χ4v) is 1.53. The van der Waals surface area contributed by atoms with Crippen LogP contribution in [0.2, 0.25) is 0 Å². The maximum absolute atomic E-state index is 13.8. The smallest absolute Gasteiger partial charge is 0.171 e. The van der Waals surface area contributed by atoms with Crippen molar-refractivity contribution in [2.75, 3.05) is 20.8 Å². The maximum Gasteiger partial charge on any atom is 0.171 e. The van der Waals surface area contributed by atoms with Crippen molar-refractivity contribution in [2.24, 2.45) is 5.73 Å². The Bertz CT molecular complexity index is 353. The van der Waals surface area contributed by atoms with Crippen molar-refractivity contribution in [2.45, 2.75) is 13.3 Å². The molecule has 0 aliphatic rings. The van der Waals surface area contributed by atoms with Gasteiger partial charge in [0.05, 0.1) is 14.2 Å². The molecular formula is C11H16FNO2. The van der Waals surface area contributed by atoms with Crippen molar-refractivity contribution in [3.05, 3.63) is 23.0 Å². The summed E-state index contributed by atoms with van der Waals surface area (Å²) in [6.07, 6.45) is 0.566. The second-order valence-corrected chi connectivity index (χ2v) is 3.25. The third-order valence-corrected chi connectivity index (χ3v) is 2.33. The van der Waals surface area contributed by atoms with Crippen molar-refractivity contribution < 1.29 is 13.9 Å². The SMILES string of the molecule is COc1cc(CCN)c(OC)c(F)c1C. The lowest BCUT2D eigenvalue weighted by molar-refractivity contribution is 0.369. The molecule has 0 aliphatic heterocycles. The number of methoxy groups -OCH3 is 2. The van der Waals surface area contributed by atoms with Crippen LogP contribution in [0.25, 0.3) is 0 Å². The van der Waals surface area contributed by atoms with Gasteiger partial charge in [-0.25, -0.2) is 4.39 Å². The minimum Gasteiger partial charge on any atom is -0.496 e. The molecule has 1 aromatic rings. The van der Waals surface area contributed by atoms with Crippen LogP contribution in [0, 0.1) is 12.7 Å². The van der Waals surface area contributed by atoms with Crippen LogP contribution in [0.4, 0.5) is 4.39 Å². The van der Waals surface area contributed by atoms with Crippen molar-refractivity contribution in [1.29, 1.82) is 0 Å². The lowest BCUT2D eigenvalue weighted by atomic mass is 10.1. The second kappa shape index (κ2) is 4.98. The minimum absolute atomic E-state index is 0.263. The highest BCUT2D eigenvalue weighted by atomic mass is 19.1. The molecule has 0 aliphatic carbocycles. The van der Waals surface area contributed by atoms with Gasteiger partial charge in [0.25, 0.3) is 0 Å². The first-order valence-electron chi connectivity index (χ1n) is 4.75. The molecule has 0 heterocycles. The minimum atomic E-state index is -0.375. The number of nitrogens with two attached hydrogens (primary N) is 1. The van der Waals surface area contributed by atoms with E-state index in [4.69, 9.17) is 15.2 Å². The second-order valence-electron chi connectivity index (χ2n) is 3.25. The predicted octanol–water partition coefficient (Wildman–Crippen LogP) is 1.65. The van der Waals surface area contributed by atoms with Crippen molar-refractivity contribution >= 4 is 0 Å². The highest BCUT2D eigenvalue weighted by Crippen LogP contribution is 2.32. The quantitative estimate of drug-likeness (QED) is 0.827. The van der Waals surface area contributed by atoms with E-state index >= 15 is 0 Å². The molecule has 0 atom stereocenters. The average Bonchev–Trinajstić information content (AvgIpc) is 2.24. The van der Waals surface area contributed by atoms with Crippen LogP contribution in [-0.4, -0.2) is 20.8 Å². The van der Waals surface area contributed by atoms with Crippen LogP contribution < -0.4 is 15.2 Å². The Balaban J connectivity index is 3.30. The first-order chi connectivity index (χ1) is 7.15. The van der Waals surface area contributed by atoms with Crippen LogP contribution in [0.5, 0.6) is 11.5 Å². The van der Waals surface area contributed by atoms with E-state index in [0.29, 0.717) is 24.3 Å². The third-order valence-electron chi connectivity index (χ3n) is 2.33. The van der Waals surface area contributed by atoms with E-state index in [1.54, 1.807) is 13.0 Å². The van der Waals surface area contributed by atoms with Crippen LogP contribution in [-0.2, 0) is 6.42 Å². The molecule has 15 heavy (non-hydrogen) atoms. The number of hydrogen-bond acceptors (Lipinski definition) is 3. The van der Waals surface area contributed by atoms with E-state index in [0.717, 1.165) is 5.56 Å². The van der Waals surface area contributed by atoms with Gasteiger partial charge >= 0.3 is 0 Å². The van der Waals surface area contributed by atoms with E-state index in [1.807, 2.05) is 0 Å². The summed E-state index contributed by atoms with van der Waals surface area (Å²) in [5, 5.41) is 0. The molecular weight excluding hydrogens is 197 g/mol. The Morgan fingerprint density at radius 3 is 2.47 bits per heavy atom. The molecule has 4 heteroatoms. The number of ether oxygens (including phenoxy) is 2. The standard InChI is InChI=1S/C11H16FNO2/c1-7-9(14-2)6-8(4-5-13)11(15-3)10(7)12/h6H,4-5,13H2,1-3H3. The molecule has 0 saturated heterocycles. The van der Waals surface area contributed by atoms with Gasteiger partial charge in [0.2, 0.25) is 0 Å². The zero-order valence-electron chi connectivity index (χ0n) is 9.26. The molecule has 84 valence electrons. The molecule has 0 amide bonds. The Morgan fingerprint density at radius 1 is 1.33 bits per heavy atom. The van der Waals surface area contributed by atoms with E-state index in [2.05, 4.69) is 0 Å². The van der Waals surface area contributed by atoms with Crippen molar-refractivity contribution in [3.8, 4) is 11.5 Å². The van der Waals surface area contributed by atoms with Gasteiger partial charge in [0.1, 0.15) is 5.75 Å². The summed E-state index contributed by atoms with van der Waals surface area (Å²) in [4.78, 5) is 0. The van der Waals surface area contributed by atoms with Crippen LogP contribution in [0.15, 0.2) is 6.07 Å². The summed E-state index contributed by atoms with van der Waals surface area (Å²) in [6, 6.07) is 1.77. The summed E-state index contributed by atoms with van der Waals surface area (Å²) in [5.41, 5.74) is 6.63. The fourth-order valence-electron chi connectivity index (χ4n) is 1.53. The highest BCUT2D eigenvalue weighted by Gasteiger charge is 2.16. The molecule has 0 radical (unpaired) electrons. The first kappa shape index (κ1) is 11.8. The Morgan fingerprint density at radius 2 is 2.00 bits per heavy atom. The molecule has 3 nitrogen and oxygen atoms in total. The van der Waals surface area contributed by atoms with Gasteiger partial charge in [-0.2, -0.15) is 0 Å². The molecule has 1 rings (SSSR count). The summed E-state index contributed by atoms with van der Waals surface area (Å²) in [7, 11) is 2.96. The van der Waals surface area contributed by atoms with Crippen LogP contribution in [0.1, 0.15) is 11.1 Å². The average molecular weight is 213 g/mol. The van der Waals surface area contributed by atoms with Crippen LogP contribution >= 0.6 is 0 Å². The van der Waals surface area contributed by atoms with Crippen molar-refractivity contribution in [1.82, 2.24) is 0 Å². The number of hydrogen-bond donors (Lipinski definition) is 1. The zero-order valence-corrected chi connectivity index (χ0v) is 9.26. The Hall–Kier alpha value is -1.29. The lowest BCUT2D eigenvalue weighted by Gasteiger charge is -2.13. The van der Waals surface area contributed by atoms with E-state index in [9.17, 15) is 4.39 Å². The van der Waals surface area contributed by atoms with E-state index in [1.165, 1.54) is 14.2 Å². The molecule has 0 bridgehead atoms. The number of rotatable bonds is 4. The summed E-state index contributed by atoms with van der Waals surface area (Å²) in [5.74, 6) is 0.413. The van der Waals surface area contributed by atoms with Gasteiger partial charge in [-0.05, 0) is 26.0 Å². The van der Waals surface area contributed by atoms with Gasteiger partial charge in [-0.3, -0.25) is 0 Å². The molecule has 0 aromatic heterocycles. The van der Waals surface area contributed by atoms with Gasteiger partial charge in [0.15, 0.2) is 11.6 Å². The highest BCUT2D eigenvalue weighted by molar-refractivity contribution is 5.47. The summed E-state index contributed by atoms with van der Waals surface area (Å²) >= 11 is 0. The molecule has 0 fully saturated rings. The third kappa shape index (κ3) is 2.21. The van der Waals surface area contributed by atoms with Gasteiger partial charge in [-0.1, -0.05) is 0 Å². The predicted molar refractivity (Wildman–Crippen MR) is 57.0 cm³/mol. The number of halogens is 1. The van der Waals surface area contributed by atoms with Crippen molar-refractivity contribution in [3.63, 3.8) is 0 Å². The van der Waals surface area contributed by atoms with Gasteiger partial charge in [-0.15, -0.1) is 0 Å². The van der Waals surface area contributed by atoms with E-state index in [-0.39, 0.29) is 11.6 Å². The monoisotopic (exact) mass is 213 g/mol. The summed E-state index contributed by atoms with van der Waals surface area (Å²) in [6.45, 7) is 2.10. The molecule has 0 spiro atoms. The Labute approximate surface area is 89.0 Å². The van der Waals surface area contributed by atoms with E-state index < -0.39 is 0 Å². The fraction of sp³-hybridized carbons (Fsp3) is 0.455. The van der Waals surface area contributed by atoms with Gasteiger partial charge in [0, 0.05) is 11.1 Å². The van der Waals surface area contributed by atoms with Crippen LogP contribution in [0.3, 0.4) is 0 Å². The maximum atomic E-state index is 13.8. The topological polar surface area (TPSA) is 44.5 Å². The first-order valence-corrected chi connectivity index (χ1v) is 4.75. The Kier molecular flexibility index (Phi) is 3.91. The summed E-state index contributed by atoms with van der Waals surface area (Å²) < 4.78 is 23.9. The largest absolute Gasteiger partial charge is 0.496 e. The molecule has 2 N–H and O–H groups in total. The molecule has 1 aromatic carbocycles. The normalized spacial score (nSPS) is 10.2.